The third-order valence-corrected chi connectivity index (χ3v) is 10.1. The highest BCUT2D eigenvalue weighted by atomic mass is 32.2. The van der Waals surface area contributed by atoms with E-state index < -0.39 is 49.3 Å². The second kappa shape index (κ2) is 10.9. The Bertz CT molecular complexity index is 1520. The van der Waals surface area contributed by atoms with Gasteiger partial charge in [-0.15, -0.1) is 5.10 Å². The first kappa shape index (κ1) is 30.7. The first-order valence-electron chi connectivity index (χ1n) is 12.5. The number of amides is 1. The summed E-state index contributed by atoms with van der Waals surface area (Å²) in [5, 5.41) is 5.76. The Hall–Kier alpha value is -3.25. The minimum absolute atomic E-state index is 0.0202. The molecule has 41 heavy (non-hydrogen) atoms. The molecule has 1 atom stereocenters. The van der Waals surface area contributed by atoms with Crippen LogP contribution in [0.25, 0.3) is 0 Å². The number of nitrogens with one attached hydrogen (secondary N) is 2. The van der Waals surface area contributed by atoms with Crippen LogP contribution in [0.1, 0.15) is 33.6 Å². The fourth-order valence-electron chi connectivity index (χ4n) is 3.85. The van der Waals surface area contributed by atoms with Crippen LogP contribution in [0.4, 0.5) is 29.3 Å². The van der Waals surface area contributed by atoms with E-state index in [-0.39, 0.29) is 41.0 Å². The lowest BCUT2D eigenvalue weighted by Gasteiger charge is -2.35. The molecule has 1 fully saturated rings. The summed E-state index contributed by atoms with van der Waals surface area (Å²) in [4.78, 5) is 12.0. The van der Waals surface area contributed by atoms with E-state index in [0.29, 0.717) is 33.2 Å². The van der Waals surface area contributed by atoms with Crippen molar-refractivity contribution in [3.05, 3.63) is 24.4 Å². The molecule has 1 aromatic heterocycles. The number of alkyl halides is 3. The molecule has 0 spiro atoms. The fraction of sp³-hybridized carbons (Fsp3) is 0.565. The SMILES string of the molecule is CCn1cc(S(=O)(=O)N2C[C@@H](CNS(=O)(=O)C3CC3)Oc3ccc(NC(=O)OC(C)(C)C(F)(F)F)cc32)c(OC)n1. The number of nitrogens with zero attached hydrogens (tertiary/aromatic N) is 3. The number of fused-ring (bicyclic) bond motifs is 1. The van der Waals surface area contributed by atoms with E-state index in [1.54, 1.807) is 6.92 Å². The van der Waals surface area contributed by atoms with E-state index in [4.69, 9.17) is 9.47 Å². The Balaban J connectivity index is 1.67. The molecule has 0 unspecified atom stereocenters. The quantitative estimate of drug-likeness (QED) is 0.405. The molecule has 2 heterocycles. The van der Waals surface area contributed by atoms with Gasteiger partial charge >= 0.3 is 12.3 Å². The second-order valence-corrected chi connectivity index (χ2v) is 13.8. The topological polar surface area (TPSA) is 158 Å². The van der Waals surface area contributed by atoms with E-state index in [1.165, 1.54) is 36.2 Å². The third-order valence-electron chi connectivity index (χ3n) is 6.42. The first-order chi connectivity index (χ1) is 19.0. The van der Waals surface area contributed by atoms with Crippen LogP contribution in [0.3, 0.4) is 0 Å². The predicted molar refractivity (Wildman–Crippen MR) is 140 cm³/mol. The predicted octanol–water partition coefficient (Wildman–Crippen LogP) is 2.84. The zero-order chi connectivity index (χ0) is 30.4. The number of hydrogen-bond acceptors (Lipinski definition) is 9. The molecule has 228 valence electrons. The number of benzene rings is 1. The van der Waals surface area contributed by atoms with Crippen molar-refractivity contribution in [3.8, 4) is 11.6 Å². The Morgan fingerprint density at radius 3 is 2.46 bits per heavy atom. The average Bonchev–Trinajstić information content (AvgIpc) is 3.66. The van der Waals surface area contributed by atoms with Crippen molar-refractivity contribution in [3.63, 3.8) is 0 Å². The van der Waals surface area contributed by atoms with Gasteiger partial charge in [0.1, 0.15) is 11.9 Å². The molecule has 13 nitrogen and oxygen atoms in total. The van der Waals surface area contributed by atoms with E-state index in [9.17, 15) is 34.8 Å². The number of rotatable bonds is 10. The van der Waals surface area contributed by atoms with Crippen molar-refractivity contribution in [2.75, 3.05) is 29.8 Å². The van der Waals surface area contributed by atoms with Gasteiger partial charge < -0.3 is 14.2 Å². The van der Waals surface area contributed by atoms with Gasteiger partial charge in [-0.2, -0.15) is 13.2 Å². The van der Waals surface area contributed by atoms with Gasteiger partial charge in [0, 0.05) is 25.0 Å². The van der Waals surface area contributed by atoms with Gasteiger partial charge in [0.25, 0.3) is 15.9 Å². The monoisotopic (exact) mass is 625 g/mol. The van der Waals surface area contributed by atoms with Crippen molar-refractivity contribution >= 4 is 37.5 Å². The van der Waals surface area contributed by atoms with Crippen molar-refractivity contribution < 1.29 is 49.0 Å². The summed E-state index contributed by atoms with van der Waals surface area (Å²) in [6.45, 7) is 2.87. The highest BCUT2D eigenvalue weighted by Gasteiger charge is 2.51. The lowest BCUT2D eigenvalue weighted by Crippen LogP contribution is -2.48. The van der Waals surface area contributed by atoms with E-state index in [0.717, 1.165) is 4.31 Å². The normalized spacial score (nSPS) is 17.9. The van der Waals surface area contributed by atoms with E-state index in [2.05, 4.69) is 19.9 Å². The number of methoxy groups -OCH3 is 1. The zero-order valence-corrected chi connectivity index (χ0v) is 24.2. The van der Waals surface area contributed by atoms with Crippen LogP contribution in [-0.4, -0.2) is 76.0 Å². The molecule has 0 saturated heterocycles. The zero-order valence-electron chi connectivity index (χ0n) is 22.6. The summed E-state index contributed by atoms with van der Waals surface area (Å²) in [5.74, 6) is -0.162. The molecular weight excluding hydrogens is 595 g/mol. The number of halogens is 3. The standard InChI is InChI=1S/C23H30F3N5O8S2/c1-5-30-13-19(20(29-30)37-4)41(35,36)31-12-15(11-27-40(33,34)16-7-8-16)38-18-9-6-14(10-17(18)31)28-21(32)39-22(2,3)23(24,25)26/h6,9-10,13,15-16,27H,5,7-8,11-12H2,1-4H3,(H,28,32)/t15-/m1/s1. The molecule has 2 aromatic rings. The van der Waals surface area contributed by atoms with Crippen LogP contribution >= 0.6 is 0 Å². The number of aromatic nitrogens is 2. The van der Waals surface area contributed by atoms with Gasteiger partial charge in [-0.1, -0.05) is 0 Å². The molecule has 18 heteroatoms. The molecule has 4 rings (SSSR count). The lowest BCUT2D eigenvalue weighted by molar-refractivity contribution is -0.242. The maximum atomic E-state index is 13.9. The summed E-state index contributed by atoms with van der Waals surface area (Å²) in [6.07, 6.45) is -4.87. The van der Waals surface area contributed by atoms with Crippen LogP contribution in [0.5, 0.6) is 11.6 Å². The number of ether oxygens (including phenoxy) is 3. The maximum Gasteiger partial charge on any atom is 0.427 e. The highest BCUT2D eigenvalue weighted by molar-refractivity contribution is 7.93. The smallest absolute Gasteiger partial charge is 0.427 e. The number of sulfonamides is 2. The van der Waals surface area contributed by atoms with Crippen LogP contribution in [0.15, 0.2) is 29.3 Å². The lowest BCUT2D eigenvalue weighted by atomic mass is 10.1. The van der Waals surface area contributed by atoms with Crippen LogP contribution in [0.2, 0.25) is 0 Å². The Morgan fingerprint density at radius 2 is 1.88 bits per heavy atom. The minimum atomic E-state index is -4.84. The molecule has 1 aliphatic heterocycles. The van der Waals surface area contributed by atoms with Gasteiger partial charge in [0.15, 0.2) is 4.90 Å². The van der Waals surface area contributed by atoms with Gasteiger partial charge in [-0.05, 0) is 51.8 Å². The number of carbonyl (C=O) groups is 1. The molecule has 1 amide bonds. The number of hydrogen-bond donors (Lipinski definition) is 2. The third kappa shape index (κ3) is 6.48. The summed E-state index contributed by atoms with van der Waals surface area (Å²) in [5.41, 5.74) is -2.94. The minimum Gasteiger partial charge on any atom is -0.485 e. The fourth-order valence-corrected chi connectivity index (χ4v) is 6.86. The average molecular weight is 626 g/mol. The summed E-state index contributed by atoms with van der Waals surface area (Å²) in [7, 11) is -6.76. The Morgan fingerprint density at radius 1 is 1.20 bits per heavy atom. The van der Waals surface area contributed by atoms with Gasteiger partial charge in [-0.25, -0.2) is 26.4 Å². The Kier molecular flexibility index (Phi) is 8.14. The van der Waals surface area contributed by atoms with Crippen LogP contribution in [0, 0.1) is 0 Å². The van der Waals surface area contributed by atoms with Gasteiger partial charge in [-0.3, -0.25) is 14.3 Å². The van der Waals surface area contributed by atoms with Crippen LogP contribution in [-0.2, 0) is 31.3 Å². The molecule has 1 saturated carbocycles. The van der Waals surface area contributed by atoms with E-state index in [1.807, 2.05) is 0 Å². The molecular formula is C23H30F3N5O8S2. The first-order valence-corrected chi connectivity index (χ1v) is 15.5. The van der Waals surface area contributed by atoms with E-state index >= 15 is 0 Å². The highest BCUT2D eigenvalue weighted by Crippen LogP contribution is 2.41. The van der Waals surface area contributed by atoms with Crippen molar-refractivity contribution in [1.82, 2.24) is 14.5 Å². The van der Waals surface area contributed by atoms with Crippen molar-refractivity contribution in [1.29, 1.82) is 0 Å². The molecule has 0 radical (unpaired) electrons. The van der Waals surface area contributed by atoms with Crippen molar-refractivity contribution in [2.45, 2.75) is 68.2 Å². The second-order valence-electron chi connectivity index (χ2n) is 9.93. The maximum absolute atomic E-state index is 13.9. The summed E-state index contributed by atoms with van der Waals surface area (Å²) in [6, 6.07) is 3.77. The number of anilines is 2. The molecule has 2 N–H and O–H groups in total. The molecule has 1 aliphatic carbocycles. The molecule has 2 aliphatic rings. The largest absolute Gasteiger partial charge is 0.485 e. The molecule has 0 bridgehead atoms. The number of carbonyl (C=O) groups excluding carboxylic acids is 1. The van der Waals surface area contributed by atoms with Crippen LogP contribution < -0.4 is 23.8 Å². The Labute approximate surface area is 235 Å². The number of aryl methyl sites for hydroxylation is 1. The van der Waals surface area contributed by atoms with Crippen molar-refractivity contribution in [2.24, 2.45) is 0 Å². The van der Waals surface area contributed by atoms with Gasteiger partial charge in [0.05, 0.1) is 24.6 Å². The summed E-state index contributed by atoms with van der Waals surface area (Å²) >= 11 is 0. The van der Waals surface area contributed by atoms with Gasteiger partial charge in [0.2, 0.25) is 15.6 Å². The summed E-state index contributed by atoms with van der Waals surface area (Å²) < 4.78 is 112. The molecule has 1 aromatic carbocycles.